The normalized spacial score (nSPS) is 22.7. The smallest absolute Gasteiger partial charge is 0.272 e. The highest BCUT2D eigenvalue weighted by molar-refractivity contribution is 5.95. The molecule has 3 aromatic rings. The molecular formula is C40H51N7O7. The number of nitrogens with one attached hydrogen (secondary N) is 3. The van der Waals surface area contributed by atoms with Crippen molar-refractivity contribution in [1.82, 2.24) is 35.5 Å². The average molecular weight is 742 g/mol. The monoisotopic (exact) mass is 741 g/mol. The molecule has 54 heavy (non-hydrogen) atoms. The Kier molecular flexibility index (Phi) is 12.3. The lowest BCUT2D eigenvalue weighted by molar-refractivity contribution is -0.141. The standard InChI is InChI=1S/C40H51N7O7/c1-25(2)16-17-46-22-35(49)41-32(18-26-10-5-4-6-11-26)38(51)43-33-21-47(40(53)37-29-14-7-8-15-31(29)44-45(37)3)20-30(33)27-12-9-13-28(19-27)54-24-36(50)42-34(23-48)39(46)52/h4-6,9-13,19,25,30,32-34,48H,7-8,14-18,20-24H2,1-3H3,(H,41,49)(H,42,50)(H,43,51)/t30-,32-,33+,34-/m0/s1. The minimum Gasteiger partial charge on any atom is -0.484 e. The summed E-state index contributed by atoms with van der Waals surface area (Å²) in [5.74, 6) is -2.16. The maximum atomic E-state index is 14.3. The van der Waals surface area contributed by atoms with E-state index in [0.717, 1.165) is 48.1 Å². The lowest BCUT2D eigenvalue weighted by Crippen LogP contribution is -2.56. The van der Waals surface area contributed by atoms with Gasteiger partial charge in [-0.15, -0.1) is 0 Å². The van der Waals surface area contributed by atoms with E-state index in [-0.39, 0.29) is 43.8 Å². The van der Waals surface area contributed by atoms with Gasteiger partial charge < -0.3 is 35.6 Å². The molecule has 2 aliphatic heterocycles. The van der Waals surface area contributed by atoms with E-state index in [9.17, 15) is 29.1 Å². The molecule has 0 radical (unpaired) electrons. The molecule has 4 N–H and O–H groups in total. The van der Waals surface area contributed by atoms with Gasteiger partial charge in [-0.05, 0) is 61.3 Å². The van der Waals surface area contributed by atoms with Crippen LogP contribution < -0.4 is 20.7 Å². The second-order valence-corrected chi connectivity index (χ2v) is 15.0. The fourth-order valence-corrected chi connectivity index (χ4v) is 7.61. The van der Waals surface area contributed by atoms with Crippen LogP contribution in [0.3, 0.4) is 0 Å². The topological polar surface area (TPSA) is 175 Å². The summed E-state index contributed by atoms with van der Waals surface area (Å²) >= 11 is 0. The van der Waals surface area contributed by atoms with Gasteiger partial charge >= 0.3 is 0 Å². The Balaban J connectivity index is 1.34. The average Bonchev–Trinajstić information content (AvgIpc) is 3.74. The number of hydrogen-bond donors (Lipinski definition) is 4. The quantitative estimate of drug-likeness (QED) is 0.282. The van der Waals surface area contributed by atoms with Crippen molar-refractivity contribution in [2.24, 2.45) is 13.0 Å². The summed E-state index contributed by atoms with van der Waals surface area (Å²) in [5, 5.41) is 23.4. The number of fused-ring (bicyclic) bond motifs is 5. The second kappa shape index (κ2) is 17.3. The first-order valence-electron chi connectivity index (χ1n) is 18.9. The minimum absolute atomic E-state index is 0.156. The number of likely N-dealkylation sites (tertiary alicyclic amines) is 1. The van der Waals surface area contributed by atoms with Crippen LogP contribution in [0.5, 0.6) is 5.75 Å². The van der Waals surface area contributed by atoms with E-state index in [1.165, 1.54) is 4.90 Å². The highest BCUT2D eigenvalue weighted by Gasteiger charge is 2.41. The van der Waals surface area contributed by atoms with Crippen LogP contribution >= 0.6 is 0 Å². The maximum Gasteiger partial charge on any atom is 0.272 e. The van der Waals surface area contributed by atoms with Gasteiger partial charge in [-0.25, -0.2) is 0 Å². The molecule has 1 saturated heterocycles. The molecule has 14 nitrogen and oxygen atoms in total. The van der Waals surface area contributed by atoms with Gasteiger partial charge in [0.05, 0.1) is 24.9 Å². The molecule has 1 aliphatic carbocycles. The Bertz CT molecular complexity index is 1840. The van der Waals surface area contributed by atoms with Gasteiger partial charge in [-0.1, -0.05) is 56.3 Å². The number of carbonyl (C=O) groups is 5. The number of aryl methyl sites for hydroxylation is 2. The second-order valence-electron chi connectivity index (χ2n) is 15.0. The molecule has 1 aromatic heterocycles. The van der Waals surface area contributed by atoms with Crippen molar-refractivity contribution in [3.05, 3.63) is 82.7 Å². The van der Waals surface area contributed by atoms with E-state index < -0.39 is 55.0 Å². The summed E-state index contributed by atoms with van der Waals surface area (Å²) in [6, 6.07) is 13.6. The first-order valence-corrected chi connectivity index (χ1v) is 18.9. The van der Waals surface area contributed by atoms with Crippen molar-refractivity contribution in [2.75, 3.05) is 39.4 Å². The predicted molar refractivity (Wildman–Crippen MR) is 199 cm³/mol. The van der Waals surface area contributed by atoms with Crippen LogP contribution in [-0.2, 0) is 45.5 Å². The van der Waals surface area contributed by atoms with E-state index in [4.69, 9.17) is 4.74 Å². The van der Waals surface area contributed by atoms with Crippen molar-refractivity contribution in [2.45, 2.75) is 76.4 Å². The first kappa shape index (κ1) is 38.5. The number of nitrogens with zero attached hydrogens (tertiary/aromatic N) is 4. The van der Waals surface area contributed by atoms with E-state index in [1.54, 1.807) is 34.8 Å². The Morgan fingerprint density at radius 2 is 1.70 bits per heavy atom. The summed E-state index contributed by atoms with van der Waals surface area (Å²) < 4.78 is 7.53. The van der Waals surface area contributed by atoms with Crippen LogP contribution in [0.15, 0.2) is 54.6 Å². The number of benzene rings is 2. The van der Waals surface area contributed by atoms with Crippen LogP contribution in [0.2, 0.25) is 0 Å². The van der Waals surface area contributed by atoms with Gasteiger partial charge in [-0.3, -0.25) is 28.7 Å². The van der Waals surface area contributed by atoms with Crippen LogP contribution in [0.1, 0.15) is 71.9 Å². The van der Waals surface area contributed by atoms with Crippen molar-refractivity contribution in [3.63, 3.8) is 0 Å². The molecule has 0 saturated carbocycles. The number of aliphatic hydroxyl groups excluding tert-OH is 1. The van der Waals surface area contributed by atoms with Crippen molar-refractivity contribution in [3.8, 4) is 5.75 Å². The van der Waals surface area contributed by atoms with Gasteiger partial charge in [0.2, 0.25) is 17.7 Å². The Morgan fingerprint density at radius 1 is 0.944 bits per heavy atom. The Morgan fingerprint density at radius 3 is 2.46 bits per heavy atom. The van der Waals surface area contributed by atoms with Crippen LogP contribution in [0, 0.1) is 5.92 Å². The highest BCUT2D eigenvalue weighted by atomic mass is 16.5. The Labute approximate surface area is 315 Å². The lowest BCUT2D eigenvalue weighted by atomic mass is 9.93. The van der Waals surface area contributed by atoms with Crippen LogP contribution in [0.25, 0.3) is 0 Å². The van der Waals surface area contributed by atoms with E-state index in [2.05, 4.69) is 21.0 Å². The van der Waals surface area contributed by atoms with Crippen molar-refractivity contribution >= 4 is 29.5 Å². The van der Waals surface area contributed by atoms with E-state index >= 15 is 0 Å². The first-order chi connectivity index (χ1) is 26.0. The van der Waals surface area contributed by atoms with Crippen LogP contribution in [-0.4, -0.2) is 112 Å². The summed E-state index contributed by atoms with van der Waals surface area (Å²) in [4.78, 5) is 72.1. The molecular weight excluding hydrogens is 690 g/mol. The summed E-state index contributed by atoms with van der Waals surface area (Å²) in [6.07, 6.45) is 4.39. The molecule has 4 atom stereocenters. The van der Waals surface area contributed by atoms with E-state index in [1.807, 2.05) is 50.2 Å². The number of aromatic nitrogens is 2. The van der Waals surface area contributed by atoms with E-state index in [0.29, 0.717) is 24.4 Å². The molecule has 6 rings (SSSR count). The summed E-state index contributed by atoms with van der Waals surface area (Å²) in [7, 11) is 1.80. The Hall–Kier alpha value is -5.24. The number of aliphatic hydroxyl groups is 1. The largest absolute Gasteiger partial charge is 0.484 e. The molecule has 3 heterocycles. The zero-order valence-corrected chi connectivity index (χ0v) is 31.3. The third kappa shape index (κ3) is 9.09. The highest BCUT2D eigenvalue weighted by Crippen LogP contribution is 2.33. The zero-order valence-electron chi connectivity index (χ0n) is 31.3. The molecule has 14 heteroatoms. The molecule has 1 fully saturated rings. The number of rotatable bonds is 7. The van der Waals surface area contributed by atoms with Gasteiger partial charge in [0.1, 0.15) is 23.5 Å². The lowest BCUT2D eigenvalue weighted by Gasteiger charge is -2.29. The molecule has 3 aliphatic rings. The third-order valence-electron chi connectivity index (χ3n) is 10.5. The van der Waals surface area contributed by atoms with Crippen molar-refractivity contribution in [1.29, 1.82) is 0 Å². The number of hydrogen-bond acceptors (Lipinski definition) is 8. The van der Waals surface area contributed by atoms with Gasteiger partial charge in [0.15, 0.2) is 6.61 Å². The van der Waals surface area contributed by atoms with Gasteiger partial charge in [-0.2, -0.15) is 5.10 Å². The van der Waals surface area contributed by atoms with Crippen molar-refractivity contribution < 1.29 is 33.8 Å². The van der Waals surface area contributed by atoms with Gasteiger partial charge in [0, 0.05) is 44.6 Å². The summed E-state index contributed by atoms with van der Waals surface area (Å²) in [6.45, 7) is 3.19. The molecule has 0 spiro atoms. The molecule has 2 bridgehead atoms. The molecule has 5 amide bonds. The third-order valence-corrected chi connectivity index (χ3v) is 10.5. The molecule has 2 aromatic carbocycles. The summed E-state index contributed by atoms with van der Waals surface area (Å²) in [5.41, 5.74) is 4.12. The predicted octanol–water partition coefficient (Wildman–Crippen LogP) is 1.50. The molecule has 0 unspecified atom stereocenters. The van der Waals surface area contributed by atoms with Gasteiger partial charge in [0.25, 0.3) is 11.8 Å². The SMILES string of the molecule is CC(C)CCN1CC(=O)N[C@@H](Cc2ccccc2)C(=O)N[C@@H]2CN(C(=O)c3c4c(nn3C)CCCC4)C[C@H]2c2cccc(c2)OCC(=O)N[C@@H](CO)C1=O. The van der Waals surface area contributed by atoms with Crippen LogP contribution in [0.4, 0.5) is 0 Å². The fraction of sp³-hybridized carbons (Fsp3) is 0.500. The fourth-order valence-electron chi connectivity index (χ4n) is 7.61. The zero-order chi connectivity index (χ0) is 38.4. The number of ether oxygens (including phenoxy) is 1. The number of carbonyl (C=O) groups excluding carboxylic acids is 5. The maximum absolute atomic E-state index is 14.3. The molecule has 288 valence electrons. The minimum atomic E-state index is -1.30. The number of amides is 5.